The number of hydrogen-bond donors (Lipinski definition) is 2. The maximum absolute atomic E-state index is 12.7. The van der Waals surface area contributed by atoms with Crippen molar-refractivity contribution in [2.24, 2.45) is 5.41 Å². The Kier molecular flexibility index (Phi) is 5.20. The Hall–Kier alpha value is -1.66. The summed E-state index contributed by atoms with van der Waals surface area (Å²) in [6, 6.07) is 1.70. The maximum atomic E-state index is 12.7. The molecule has 1 unspecified atom stereocenters. The third-order valence-corrected chi connectivity index (χ3v) is 4.60. The average molecular weight is 354 g/mol. The number of ketones is 1. The summed E-state index contributed by atoms with van der Waals surface area (Å²) < 4.78 is 0. The number of halogens is 1. The molecule has 1 aromatic rings. The van der Waals surface area contributed by atoms with Gasteiger partial charge in [-0.25, -0.2) is 0 Å². The van der Waals surface area contributed by atoms with Gasteiger partial charge >= 0.3 is 0 Å². The van der Waals surface area contributed by atoms with E-state index in [0.717, 1.165) is 0 Å². The van der Waals surface area contributed by atoms with Crippen molar-refractivity contribution in [2.45, 2.75) is 39.7 Å². The van der Waals surface area contributed by atoms with Crippen molar-refractivity contribution in [1.29, 1.82) is 0 Å². The fraction of sp³-hybridized carbons (Fsp3) is 0.588. The lowest BCUT2D eigenvalue weighted by Gasteiger charge is -2.32. The summed E-state index contributed by atoms with van der Waals surface area (Å²) in [6.07, 6.45) is 1.08. The molecule has 0 radical (unpaired) electrons. The number of H-pyrrole nitrogens is 1. The van der Waals surface area contributed by atoms with Crippen LogP contribution in [0.2, 0.25) is 0 Å². The molecule has 2 heterocycles. The van der Waals surface area contributed by atoms with E-state index in [1.54, 1.807) is 4.90 Å². The fourth-order valence-corrected chi connectivity index (χ4v) is 3.47. The van der Waals surface area contributed by atoms with E-state index in [0.29, 0.717) is 43.7 Å². The van der Waals surface area contributed by atoms with E-state index in [2.05, 4.69) is 10.3 Å². The third-order valence-electron chi connectivity index (χ3n) is 4.60. The Bertz CT molecular complexity index is 726. The number of carbonyl (C=O) groups excluding carboxylic acids is 2. The Balaban J connectivity index is 0.00000208. The van der Waals surface area contributed by atoms with Crippen LogP contribution in [-0.2, 0) is 6.42 Å². The first kappa shape index (κ1) is 18.7. The van der Waals surface area contributed by atoms with Gasteiger partial charge in [0, 0.05) is 43.4 Å². The maximum Gasteiger partial charge on any atom is 0.261 e. The molecule has 0 spiro atoms. The molecule has 2 N–H and O–H groups in total. The predicted octanol–water partition coefficient (Wildman–Crippen LogP) is 1.39. The van der Waals surface area contributed by atoms with Crippen LogP contribution in [0.15, 0.2) is 10.9 Å². The second kappa shape index (κ2) is 6.69. The number of piperazine rings is 1. The zero-order valence-electron chi connectivity index (χ0n) is 14.3. The molecule has 7 heteroatoms. The number of carbonyl (C=O) groups is 2. The highest BCUT2D eigenvalue weighted by atomic mass is 35.5. The van der Waals surface area contributed by atoms with Crippen molar-refractivity contribution in [3.05, 3.63) is 33.2 Å². The smallest absolute Gasteiger partial charge is 0.261 e. The van der Waals surface area contributed by atoms with Crippen LogP contribution in [-0.4, -0.2) is 47.3 Å². The summed E-state index contributed by atoms with van der Waals surface area (Å²) in [5.74, 6) is -0.296. The zero-order valence-corrected chi connectivity index (χ0v) is 15.1. The number of rotatable bonds is 1. The van der Waals surface area contributed by atoms with Gasteiger partial charge in [-0.15, -0.1) is 12.4 Å². The zero-order chi connectivity index (χ0) is 16.8. The van der Waals surface area contributed by atoms with Crippen molar-refractivity contribution in [2.75, 3.05) is 19.6 Å². The van der Waals surface area contributed by atoms with E-state index >= 15 is 0 Å². The summed E-state index contributed by atoms with van der Waals surface area (Å²) in [5, 5.41) is 3.26. The first-order chi connectivity index (χ1) is 10.8. The van der Waals surface area contributed by atoms with Gasteiger partial charge in [0.2, 0.25) is 0 Å². The van der Waals surface area contributed by atoms with Gasteiger partial charge in [0.15, 0.2) is 5.78 Å². The van der Waals surface area contributed by atoms with Crippen LogP contribution in [0.25, 0.3) is 0 Å². The Morgan fingerprint density at radius 3 is 2.67 bits per heavy atom. The Morgan fingerprint density at radius 1 is 1.29 bits per heavy atom. The predicted molar refractivity (Wildman–Crippen MR) is 94.1 cm³/mol. The number of pyridine rings is 1. The molecule has 1 aromatic heterocycles. The normalized spacial score (nSPS) is 22.5. The monoisotopic (exact) mass is 353 g/mol. The van der Waals surface area contributed by atoms with E-state index in [1.807, 2.05) is 20.8 Å². The molecule has 2 aliphatic rings. The number of aromatic nitrogens is 1. The Labute approximate surface area is 147 Å². The van der Waals surface area contributed by atoms with E-state index < -0.39 is 5.56 Å². The van der Waals surface area contributed by atoms with E-state index in [9.17, 15) is 14.4 Å². The molecule has 3 rings (SSSR count). The van der Waals surface area contributed by atoms with Crippen molar-refractivity contribution in [1.82, 2.24) is 15.2 Å². The lowest BCUT2D eigenvalue weighted by Crippen LogP contribution is -2.52. The van der Waals surface area contributed by atoms with E-state index in [1.165, 1.54) is 6.07 Å². The van der Waals surface area contributed by atoms with Gasteiger partial charge in [-0.05, 0) is 24.8 Å². The first-order valence-corrected chi connectivity index (χ1v) is 8.09. The Morgan fingerprint density at radius 2 is 2.00 bits per heavy atom. The number of nitrogens with zero attached hydrogens (tertiary/aromatic N) is 1. The molecular weight excluding hydrogens is 330 g/mol. The van der Waals surface area contributed by atoms with E-state index in [4.69, 9.17) is 0 Å². The molecule has 1 amide bonds. The molecule has 132 valence electrons. The van der Waals surface area contributed by atoms with Gasteiger partial charge in [-0.2, -0.15) is 0 Å². The lowest BCUT2D eigenvalue weighted by atomic mass is 9.75. The van der Waals surface area contributed by atoms with Crippen LogP contribution in [0.3, 0.4) is 0 Å². The number of nitrogens with one attached hydrogen (secondary N) is 2. The number of hydrogen-bond acceptors (Lipinski definition) is 4. The molecule has 24 heavy (non-hydrogen) atoms. The molecular formula is C17H24ClN3O3. The second-order valence-electron chi connectivity index (χ2n) is 7.45. The summed E-state index contributed by atoms with van der Waals surface area (Å²) in [7, 11) is 0. The molecule has 6 nitrogen and oxygen atoms in total. The molecule has 1 aliphatic carbocycles. The SMILES string of the molecule is CC1CN(C(=O)c2cc3c([nH]c2=O)CC(C)(C)CC3=O)CCN1.Cl. The van der Waals surface area contributed by atoms with Crippen LogP contribution < -0.4 is 10.9 Å². The highest BCUT2D eigenvalue weighted by Crippen LogP contribution is 2.33. The van der Waals surface area contributed by atoms with Crippen molar-refractivity contribution >= 4 is 24.1 Å². The molecule has 0 bridgehead atoms. The topological polar surface area (TPSA) is 82.3 Å². The minimum Gasteiger partial charge on any atom is -0.336 e. The van der Waals surface area contributed by atoms with Gasteiger partial charge in [0.25, 0.3) is 11.5 Å². The van der Waals surface area contributed by atoms with Crippen molar-refractivity contribution < 1.29 is 9.59 Å². The number of amides is 1. The quantitative estimate of drug-likeness (QED) is 0.799. The van der Waals surface area contributed by atoms with Gasteiger partial charge < -0.3 is 15.2 Å². The number of aromatic amines is 1. The molecule has 0 aromatic carbocycles. The van der Waals surface area contributed by atoms with Crippen molar-refractivity contribution in [3.8, 4) is 0 Å². The van der Waals surface area contributed by atoms with Crippen molar-refractivity contribution in [3.63, 3.8) is 0 Å². The van der Waals surface area contributed by atoms with Crippen LogP contribution in [0.4, 0.5) is 0 Å². The van der Waals surface area contributed by atoms with E-state index in [-0.39, 0.29) is 41.1 Å². The molecule has 1 aliphatic heterocycles. The van der Waals surface area contributed by atoms with Gasteiger partial charge in [-0.1, -0.05) is 13.8 Å². The number of fused-ring (bicyclic) bond motifs is 1. The average Bonchev–Trinajstić information content (AvgIpc) is 2.44. The minimum atomic E-state index is -0.398. The summed E-state index contributed by atoms with van der Waals surface area (Å²) >= 11 is 0. The van der Waals surface area contributed by atoms with Gasteiger partial charge in [0.05, 0.1) is 0 Å². The lowest BCUT2D eigenvalue weighted by molar-refractivity contribution is 0.0707. The third kappa shape index (κ3) is 3.54. The van der Waals surface area contributed by atoms with Gasteiger partial charge in [0.1, 0.15) is 5.56 Å². The van der Waals surface area contributed by atoms with Crippen LogP contribution in [0, 0.1) is 5.41 Å². The van der Waals surface area contributed by atoms with Crippen LogP contribution in [0.1, 0.15) is 53.6 Å². The fourth-order valence-electron chi connectivity index (χ4n) is 3.47. The first-order valence-electron chi connectivity index (χ1n) is 8.09. The largest absolute Gasteiger partial charge is 0.336 e. The highest BCUT2D eigenvalue weighted by Gasteiger charge is 2.33. The minimum absolute atomic E-state index is 0. The standard InChI is InChI=1S/C17H23N3O3.ClH/c1-10-9-20(5-4-18-10)16(23)12-6-11-13(19-15(12)22)7-17(2,3)8-14(11)21;/h6,10,18H,4-5,7-9H2,1-3H3,(H,19,22);1H. The van der Waals surface area contributed by atoms with Crippen LogP contribution in [0.5, 0.6) is 0 Å². The summed E-state index contributed by atoms with van der Waals surface area (Å²) in [4.78, 5) is 41.8. The number of Topliss-reactive ketones (excluding diaryl/α,β-unsaturated/α-hetero) is 1. The highest BCUT2D eigenvalue weighted by molar-refractivity contribution is 6.02. The molecule has 0 saturated carbocycles. The molecule has 1 saturated heterocycles. The van der Waals surface area contributed by atoms with Crippen LogP contribution >= 0.6 is 12.4 Å². The molecule has 1 fully saturated rings. The second-order valence-corrected chi connectivity index (χ2v) is 7.45. The van der Waals surface area contributed by atoms with Gasteiger partial charge in [-0.3, -0.25) is 14.4 Å². The summed E-state index contributed by atoms with van der Waals surface area (Å²) in [5.41, 5.74) is 0.667. The summed E-state index contributed by atoms with van der Waals surface area (Å²) in [6.45, 7) is 7.86. The molecule has 1 atom stereocenters.